The molecule has 0 bridgehead atoms. The molecule has 4 aromatic rings. The van der Waals surface area contributed by atoms with Gasteiger partial charge in [-0.3, -0.25) is 0 Å². The summed E-state index contributed by atoms with van der Waals surface area (Å²) in [6.07, 6.45) is 12.8. The van der Waals surface area contributed by atoms with E-state index in [0.29, 0.717) is 0 Å². The summed E-state index contributed by atoms with van der Waals surface area (Å²) in [5.74, 6) is 3.83. The molecule has 4 aliphatic carbocycles. The van der Waals surface area contributed by atoms with E-state index in [1.165, 1.54) is 40.0 Å². The maximum absolute atomic E-state index is 7.95. The van der Waals surface area contributed by atoms with Crippen LogP contribution in [0.3, 0.4) is 0 Å². The molecule has 1 saturated heterocycles. The van der Waals surface area contributed by atoms with Gasteiger partial charge in [-0.05, 0) is 101 Å². The van der Waals surface area contributed by atoms with Crippen LogP contribution in [-0.4, -0.2) is 54.7 Å². The van der Waals surface area contributed by atoms with Crippen molar-refractivity contribution in [3.05, 3.63) is 166 Å². The molecule has 0 radical (unpaired) electrons. The fourth-order valence-electron chi connectivity index (χ4n) is 12.6. The van der Waals surface area contributed by atoms with Gasteiger partial charge in [0.1, 0.15) is 28.8 Å². The zero-order valence-corrected chi connectivity index (χ0v) is 37.5. The number of fused-ring (bicyclic) bond motifs is 8. The molecule has 4 aromatic carbocycles. The predicted octanol–water partition coefficient (Wildman–Crippen LogP) is 11.4. The largest absolute Gasteiger partial charge is 0.497 e. The lowest BCUT2D eigenvalue weighted by atomic mass is 9.50. The minimum absolute atomic E-state index is 0.0538. The third-order valence-electron chi connectivity index (χ3n) is 14.4. The summed E-state index contributed by atoms with van der Waals surface area (Å²) in [7, 11) is 6.89. The number of nitrogens with zero attached hydrogens (tertiary/aromatic N) is 1. The number of morpholine rings is 1. The molecule has 3 unspecified atom stereocenters. The lowest BCUT2D eigenvalue weighted by Gasteiger charge is -2.54. The lowest BCUT2D eigenvalue weighted by Crippen LogP contribution is -2.46. The van der Waals surface area contributed by atoms with E-state index < -0.39 is 5.60 Å². The van der Waals surface area contributed by atoms with Crippen LogP contribution < -0.4 is 19.1 Å². The van der Waals surface area contributed by atoms with Crippen LogP contribution in [0.4, 0.5) is 5.69 Å². The molecular weight excluding hydrogens is 771 g/mol. The Kier molecular flexibility index (Phi) is 9.78. The molecule has 7 nitrogen and oxygen atoms in total. The number of hydrogen-bond acceptors (Lipinski definition) is 7. The van der Waals surface area contributed by atoms with E-state index in [-0.39, 0.29) is 28.1 Å². The van der Waals surface area contributed by atoms with Gasteiger partial charge in [0.15, 0.2) is 5.60 Å². The summed E-state index contributed by atoms with van der Waals surface area (Å²) < 4.78 is 37.4. The topological polar surface area (TPSA) is 58.6 Å². The van der Waals surface area contributed by atoms with E-state index >= 15 is 0 Å². The van der Waals surface area contributed by atoms with Crippen molar-refractivity contribution < 1.29 is 28.4 Å². The Hall–Kier alpha value is -5.66. The second-order valence-electron chi connectivity index (χ2n) is 19.5. The van der Waals surface area contributed by atoms with Gasteiger partial charge < -0.3 is 33.3 Å². The Morgan fingerprint density at radius 2 is 1.31 bits per heavy atom. The first-order chi connectivity index (χ1) is 29.9. The number of anilines is 1. The molecule has 3 atom stereocenters. The zero-order valence-electron chi connectivity index (χ0n) is 37.5. The molecule has 320 valence electrons. The maximum atomic E-state index is 7.95. The second kappa shape index (κ2) is 15.0. The van der Waals surface area contributed by atoms with Crippen LogP contribution in [-0.2, 0) is 25.2 Å². The highest BCUT2D eigenvalue weighted by atomic mass is 16.5. The number of allylic oxidation sites excluding steroid dienone is 7. The molecule has 2 heterocycles. The van der Waals surface area contributed by atoms with Crippen molar-refractivity contribution in [2.24, 2.45) is 22.7 Å². The summed E-state index contributed by atoms with van der Waals surface area (Å²) in [5.41, 5.74) is 11.1. The van der Waals surface area contributed by atoms with Crippen molar-refractivity contribution in [2.75, 3.05) is 59.6 Å². The molecule has 1 spiro atoms. The number of methoxy groups -OCH3 is 4. The minimum atomic E-state index is -0.925. The van der Waals surface area contributed by atoms with Gasteiger partial charge in [-0.15, -0.1) is 0 Å². The number of rotatable bonds is 8. The SMILES string of the molecule is COC1=CC2C3=C(C=CC(c4ccc(OC)cc4)(c4ccc(N5CCOCC5)cc4)O3)C3=C(c4ccccc4C34CC(C)(C)CC(C)(C)C4)C2C=C1c1ccc(OC)cc1OC. The van der Waals surface area contributed by atoms with Crippen LogP contribution in [0, 0.1) is 22.7 Å². The van der Waals surface area contributed by atoms with Crippen molar-refractivity contribution in [2.45, 2.75) is 58.0 Å². The highest BCUT2D eigenvalue weighted by Crippen LogP contribution is 2.68. The summed E-state index contributed by atoms with van der Waals surface area (Å²) in [6, 6.07) is 32.7. The van der Waals surface area contributed by atoms with Crippen LogP contribution >= 0.6 is 0 Å². The van der Waals surface area contributed by atoms with Gasteiger partial charge in [-0.25, -0.2) is 0 Å². The van der Waals surface area contributed by atoms with Crippen molar-refractivity contribution in [3.8, 4) is 17.2 Å². The van der Waals surface area contributed by atoms with E-state index in [4.69, 9.17) is 28.4 Å². The van der Waals surface area contributed by atoms with Crippen LogP contribution in [0.15, 0.2) is 138 Å². The molecule has 10 rings (SSSR count). The Bertz CT molecular complexity index is 2550. The van der Waals surface area contributed by atoms with Crippen LogP contribution in [0.25, 0.3) is 11.1 Å². The molecule has 62 heavy (non-hydrogen) atoms. The van der Waals surface area contributed by atoms with Gasteiger partial charge in [-0.1, -0.05) is 88.4 Å². The Morgan fingerprint density at radius 3 is 1.97 bits per heavy atom. The van der Waals surface area contributed by atoms with Crippen LogP contribution in [0.2, 0.25) is 0 Å². The van der Waals surface area contributed by atoms with Gasteiger partial charge in [0, 0.05) is 69.9 Å². The molecule has 6 aliphatic rings. The average Bonchev–Trinajstić information content (AvgIpc) is 3.55. The smallest absolute Gasteiger partial charge is 0.177 e. The Morgan fingerprint density at radius 1 is 0.645 bits per heavy atom. The normalized spacial score (nSPS) is 25.1. The Labute approximate surface area is 367 Å². The summed E-state index contributed by atoms with van der Waals surface area (Å²) >= 11 is 0. The van der Waals surface area contributed by atoms with Gasteiger partial charge >= 0.3 is 0 Å². The molecule has 2 aliphatic heterocycles. The predicted molar refractivity (Wildman–Crippen MR) is 247 cm³/mol. The van der Waals surface area contributed by atoms with E-state index in [9.17, 15) is 0 Å². The third kappa shape index (κ3) is 6.41. The third-order valence-corrected chi connectivity index (χ3v) is 14.4. The lowest BCUT2D eigenvalue weighted by molar-refractivity contribution is 0.0472. The highest BCUT2D eigenvalue weighted by Gasteiger charge is 2.59. The van der Waals surface area contributed by atoms with Crippen molar-refractivity contribution >= 4 is 16.8 Å². The summed E-state index contributed by atoms with van der Waals surface area (Å²) in [4.78, 5) is 2.40. The van der Waals surface area contributed by atoms with E-state index in [1.54, 1.807) is 28.4 Å². The Balaban J connectivity index is 1.21. The van der Waals surface area contributed by atoms with Crippen molar-refractivity contribution in [1.29, 1.82) is 0 Å². The zero-order chi connectivity index (χ0) is 43.0. The van der Waals surface area contributed by atoms with Crippen molar-refractivity contribution in [1.82, 2.24) is 0 Å². The average molecular weight is 830 g/mol. The quantitative estimate of drug-likeness (QED) is 0.175. The number of benzene rings is 4. The molecule has 1 saturated carbocycles. The first-order valence-electron chi connectivity index (χ1n) is 22.2. The summed E-state index contributed by atoms with van der Waals surface area (Å²) in [5, 5.41) is 0. The van der Waals surface area contributed by atoms with Gasteiger partial charge in [0.05, 0.1) is 41.7 Å². The molecule has 2 fully saturated rings. The van der Waals surface area contributed by atoms with Crippen LogP contribution in [0.5, 0.6) is 17.2 Å². The second-order valence-corrected chi connectivity index (χ2v) is 19.5. The molecule has 0 N–H and O–H groups in total. The molecule has 0 aromatic heterocycles. The fourth-order valence-corrected chi connectivity index (χ4v) is 12.6. The van der Waals surface area contributed by atoms with E-state index in [1.807, 2.05) is 24.3 Å². The highest BCUT2D eigenvalue weighted by molar-refractivity contribution is 5.93. The molecule has 7 heteroatoms. The fraction of sp³-hybridized carbons (Fsp3) is 0.382. The van der Waals surface area contributed by atoms with Crippen molar-refractivity contribution in [3.63, 3.8) is 0 Å². The van der Waals surface area contributed by atoms with Crippen LogP contribution in [0.1, 0.15) is 74.8 Å². The number of ether oxygens (including phenoxy) is 6. The maximum Gasteiger partial charge on any atom is 0.177 e. The first-order valence-corrected chi connectivity index (χ1v) is 22.2. The van der Waals surface area contributed by atoms with E-state index in [2.05, 4.69) is 124 Å². The number of hydrogen-bond donors (Lipinski definition) is 0. The van der Waals surface area contributed by atoms with Gasteiger partial charge in [0.2, 0.25) is 0 Å². The van der Waals surface area contributed by atoms with Gasteiger partial charge in [-0.2, -0.15) is 0 Å². The first kappa shape index (κ1) is 40.4. The monoisotopic (exact) mass is 829 g/mol. The minimum Gasteiger partial charge on any atom is -0.497 e. The summed E-state index contributed by atoms with van der Waals surface area (Å²) in [6.45, 7) is 13.1. The van der Waals surface area contributed by atoms with Gasteiger partial charge in [0.25, 0.3) is 0 Å². The molecular formula is C55H59NO6. The standard InChI is InChI=1S/C55H59NO6/c1-52(2)32-53(3,4)34-54(33-52)46-12-10-9-11-41(46)49-44-30-43(40-22-21-39(58-6)29-47(40)59-7)48(60-8)31-45(44)51-42(50(49)54)23-24-55(62-51,36-15-19-38(57-5)20-16-36)35-13-17-37(18-14-35)56-25-27-61-28-26-56/h9-24,29-31,44-45H,25-28,32-34H2,1-8H3. The molecule has 0 amide bonds. The van der Waals surface area contributed by atoms with E-state index in [0.717, 1.165) is 90.2 Å².